The number of ether oxygens (including phenoxy) is 4. The zero-order valence-corrected chi connectivity index (χ0v) is 34.9. The molecule has 1 heterocycles. The standard InChI is InChI=1S/C45H66O12S/c1-3-5-7-9-11-13-15-17-18-19-20-22-23-25-27-29-31-33-40(46)54-35-38(36-55-45-44(50)43(49)42(48)39(57-45)37-58(51,52)53)56-41(47)34-32-30-28-26-24-21-16-14-12-10-8-6-4-2/h5-24,38-39,42-45,48-50H,3-4,25-37H2,1-2H3,(H,51,52,53)/b7-5+,8-6+,11-9+,12-10+,15-13+,16-14+,18-17+,20-19+,23-22+,24-21+/t38?,39-,42-,43?,44?,45+/m1/s1. The number of carbonyl (C=O) groups is 2. The van der Waals surface area contributed by atoms with Crippen molar-refractivity contribution in [3.8, 4) is 0 Å². The quantitative estimate of drug-likeness (QED) is 0.0243. The normalized spacial score (nSPS) is 21.7. The molecule has 1 aliphatic rings. The summed E-state index contributed by atoms with van der Waals surface area (Å²) in [4.78, 5) is 25.3. The Labute approximate surface area is 346 Å². The monoisotopic (exact) mass is 830 g/mol. The lowest BCUT2D eigenvalue weighted by molar-refractivity contribution is -0.297. The molecule has 0 bridgehead atoms. The van der Waals surface area contributed by atoms with Crippen LogP contribution in [0.2, 0.25) is 0 Å². The summed E-state index contributed by atoms with van der Waals surface area (Å²) >= 11 is 0. The highest BCUT2D eigenvalue weighted by atomic mass is 32.2. The van der Waals surface area contributed by atoms with Gasteiger partial charge in [0.05, 0.1) is 6.61 Å². The zero-order valence-electron chi connectivity index (χ0n) is 34.1. The van der Waals surface area contributed by atoms with Crippen LogP contribution in [0.15, 0.2) is 122 Å². The number of rotatable bonds is 30. The van der Waals surface area contributed by atoms with Crippen molar-refractivity contribution in [1.82, 2.24) is 0 Å². The highest BCUT2D eigenvalue weighted by Gasteiger charge is 2.46. The third kappa shape index (κ3) is 28.5. The van der Waals surface area contributed by atoms with Gasteiger partial charge in [0, 0.05) is 12.8 Å². The third-order valence-corrected chi connectivity index (χ3v) is 9.04. The first-order valence-corrected chi connectivity index (χ1v) is 21.8. The van der Waals surface area contributed by atoms with E-state index in [1.165, 1.54) is 0 Å². The van der Waals surface area contributed by atoms with Crippen molar-refractivity contribution in [3.05, 3.63) is 122 Å². The minimum atomic E-state index is -4.62. The molecule has 1 saturated heterocycles. The van der Waals surface area contributed by atoms with Gasteiger partial charge in [-0.2, -0.15) is 8.42 Å². The molecule has 0 aromatic heterocycles. The molecule has 0 saturated carbocycles. The molecule has 0 amide bonds. The molecule has 0 aromatic carbocycles. The molecule has 0 radical (unpaired) electrons. The summed E-state index contributed by atoms with van der Waals surface area (Å²) in [5.41, 5.74) is 0. The summed E-state index contributed by atoms with van der Waals surface area (Å²) in [6.45, 7) is 3.35. The lowest BCUT2D eigenvalue weighted by Crippen LogP contribution is -2.60. The number of hydrogen-bond donors (Lipinski definition) is 4. The van der Waals surface area contributed by atoms with Gasteiger partial charge in [-0.1, -0.05) is 148 Å². The number of hydrogen-bond acceptors (Lipinski definition) is 11. The van der Waals surface area contributed by atoms with Gasteiger partial charge >= 0.3 is 11.9 Å². The molecule has 0 aliphatic carbocycles. The molecule has 4 N–H and O–H groups in total. The second-order valence-electron chi connectivity index (χ2n) is 13.4. The molecule has 6 atom stereocenters. The van der Waals surface area contributed by atoms with Crippen LogP contribution in [0.1, 0.15) is 90.9 Å². The van der Waals surface area contributed by atoms with Gasteiger partial charge in [0.15, 0.2) is 12.4 Å². The van der Waals surface area contributed by atoms with Gasteiger partial charge in [0.25, 0.3) is 10.1 Å². The minimum Gasteiger partial charge on any atom is -0.462 e. The van der Waals surface area contributed by atoms with Crippen molar-refractivity contribution in [3.63, 3.8) is 0 Å². The van der Waals surface area contributed by atoms with E-state index in [0.29, 0.717) is 12.8 Å². The topological polar surface area (TPSA) is 186 Å². The van der Waals surface area contributed by atoms with E-state index in [1.807, 2.05) is 103 Å². The largest absolute Gasteiger partial charge is 0.462 e. The fourth-order valence-corrected chi connectivity index (χ4v) is 5.88. The fourth-order valence-electron chi connectivity index (χ4n) is 5.19. The van der Waals surface area contributed by atoms with Crippen LogP contribution in [0.3, 0.4) is 0 Å². The summed E-state index contributed by atoms with van der Waals surface area (Å²) in [6, 6.07) is 0. The van der Waals surface area contributed by atoms with Gasteiger partial charge in [0.2, 0.25) is 0 Å². The maximum absolute atomic E-state index is 12.7. The van der Waals surface area contributed by atoms with E-state index in [-0.39, 0.29) is 19.4 Å². The molecule has 58 heavy (non-hydrogen) atoms. The average molecular weight is 831 g/mol. The molecule has 1 aliphatic heterocycles. The number of aliphatic hydroxyl groups is 3. The highest BCUT2D eigenvalue weighted by Crippen LogP contribution is 2.23. The predicted octanol–water partition coefficient (Wildman–Crippen LogP) is 7.44. The lowest BCUT2D eigenvalue weighted by atomic mass is 10.00. The van der Waals surface area contributed by atoms with Crippen LogP contribution in [0.5, 0.6) is 0 Å². The zero-order chi connectivity index (χ0) is 42.7. The fraction of sp³-hybridized carbons (Fsp3) is 0.511. The SMILES string of the molecule is CC/C=C/C=C/C=C/C=C/C=C/C=C/CCCCCC(=O)OCC(CO[C@H]1O[C@H](CS(=O)(=O)O)[C@@H](O)C(O)C1O)OC(=O)CCCCC/C=C/C=C/C=C/C=C/CC. The van der Waals surface area contributed by atoms with Crippen LogP contribution in [0.4, 0.5) is 0 Å². The maximum Gasteiger partial charge on any atom is 0.306 e. The molecule has 0 aromatic rings. The summed E-state index contributed by atoms with van der Waals surface area (Å²) in [5, 5.41) is 30.8. The Morgan fingerprint density at radius 3 is 1.50 bits per heavy atom. The van der Waals surface area contributed by atoms with Crippen LogP contribution in [0.25, 0.3) is 0 Å². The Balaban J connectivity index is 2.58. The van der Waals surface area contributed by atoms with E-state index in [2.05, 4.69) is 32.1 Å². The van der Waals surface area contributed by atoms with Crippen LogP contribution < -0.4 is 0 Å². The van der Waals surface area contributed by atoms with Gasteiger partial charge in [0.1, 0.15) is 36.8 Å². The molecule has 324 valence electrons. The van der Waals surface area contributed by atoms with E-state index in [9.17, 15) is 37.9 Å². The molecular formula is C45H66O12S. The van der Waals surface area contributed by atoms with Crippen LogP contribution in [-0.4, -0.2) is 96.0 Å². The van der Waals surface area contributed by atoms with Crippen molar-refractivity contribution < 1.29 is 56.8 Å². The van der Waals surface area contributed by atoms with Gasteiger partial charge < -0.3 is 34.3 Å². The van der Waals surface area contributed by atoms with Crippen molar-refractivity contribution in [2.24, 2.45) is 0 Å². The maximum atomic E-state index is 12.7. The van der Waals surface area contributed by atoms with E-state index in [4.69, 9.17) is 18.9 Å². The molecule has 0 spiro atoms. The Bertz CT molecular complexity index is 1530. The van der Waals surface area contributed by atoms with Crippen LogP contribution in [-0.2, 0) is 38.7 Å². The summed E-state index contributed by atoms with van der Waals surface area (Å²) in [6.07, 6.45) is 38.2. The predicted molar refractivity (Wildman–Crippen MR) is 228 cm³/mol. The second-order valence-corrected chi connectivity index (χ2v) is 14.9. The Morgan fingerprint density at radius 1 is 0.586 bits per heavy atom. The Kier molecular flexibility index (Phi) is 30.5. The summed E-state index contributed by atoms with van der Waals surface area (Å²) in [5.74, 6) is -2.12. The van der Waals surface area contributed by atoms with Gasteiger partial charge in [-0.05, 0) is 51.4 Å². The molecule has 13 heteroatoms. The van der Waals surface area contributed by atoms with Gasteiger partial charge in [-0.25, -0.2) is 0 Å². The molecule has 1 rings (SSSR count). The molecule has 1 fully saturated rings. The number of carbonyl (C=O) groups excluding carboxylic acids is 2. The molecular weight excluding hydrogens is 765 g/mol. The Hall–Kier alpha value is -3.95. The third-order valence-electron chi connectivity index (χ3n) is 8.29. The van der Waals surface area contributed by atoms with Crippen molar-refractivity contribution >= 4 is 22.1 Å². The van der Waals surface area contributed by atoms with Crippen molar-refractivity contribution in [2.45, 2.75) is 128 Å². The van der Waals surface area contributed by atoms with Crippen LogP contribution >= 0.6 is 0 Å². The molecule has 12 nitrogen and oxygen atoms in total. The smallest absolute Gasteiger partial charge is 0.306 e. The van der Waals surface area contributed by atoms with E-state index in [0.717, 1.165) is 51.4 Å². The van der Waals surface area contributed by atoms with E-state index in [1.54, 1.807) is 0 Å². The number of unbranched alkanes of at least 4 members (excludes halogenated alkanes) is 6. The number of esters is 2. The van der Waals surface area contributed by atoms with Gasteiger partial charge in [-0.3, -0.25) is 14.1 Å². The minimum absolute atomic E-state index is 0.0988. The average Bonchev–Trinajstić information content (AvgIpc) is 3.18. The second kappa shape index (κ2) is 34.0. The van der Waals surface area contributed by atoms with Crippen molar-refractivity contribution in [1.29, 1.82) is 0 Å². The number of allylic oxidation sites excluding steroid dienone is 20. The molecule has 3 unspecified atom stereocenters. The summed E-state index contributed by atoms with van der Waals surface area (Å²) < 4.78 is 53.8. The van der Waals surface area contributed by atoms with Crippen molar-refractivity contribution in [2.75, 3.05) is 19.0 Å². The Morgan fingerprint density at radius 2 is 1.03 bits per heavy atom. The highest BCUT2D eigenvalue weighted by molar-refractivity contribution is 7.85. The number of aliphatic hydroxyl groups excluding tert-OH is 3. The summed E-state index contributed by atoms with van der Waals surface area (Å²) in [7, 11) is -4.62. The van der Waals surface area contributed by atoms with Crippen LogP contribution in [0, 0.1) is 0 Å². The lowest BCUT2D eigenvalue weighted by Gasteiger charge is -2.40. The first-order chi connectivity index (χ1) is 28.0. The van der Waals surface area contributed by atoms with E-state index >= 15 is 0 Å². The first kappa shape index (κ1) is 52.1. The first-order valence-electron chi connectivity index (χ1n) is 20.2. The van der Waals surface area contributed by atoms with Gasteiger partial charge in [-0.15, -0.1) is 0 Å². The van der Waals surface area contributed by atoms with E-state index < -0.39 is 71.2 Å².